The highest BCUT2D eigenvalue weighted by atomic mass is 35.5. The highest BCUT2D eigenvalue weighted by Gasteiger charge is 2.28. The molecule has 27 heavy (non-hydrogen) atoms. The first kappa shape index (κ1) is 20.0. The molecular formula is C17H15Cl2FN2O4S. The van der Waals surface area contributed by atoms with E-state index < -0.39 is 21.7 Å². The Kier molecular flexibility index (Phi) is 6.02. The van der Waals surface area contributed by atoms with Crippen LogP contribution in [0, 0.1) is 5.82 Å². The second kappa shape index (κ2) is 8.12. The zero-order valence-corrected chi connectivity index (χ0v) is 16.2. The summed E-state index contributed by atoms with van der Waals surface area (Å²) in [7, 11) is -3.83. The summed E-state index contributed by atoms with van der Waals surface area (Å²) in [5.74, 6) is -1.17. The summed E-state index contributed by atoms with van der Waals surface area (Å²) in [4.78, 5) is 12.2. The van der Waals surface area contributed by atoms with Crippen molar-refractivity contribution >= 4 is 44.8 Å². The number of nitrogens with zero attached hydrogens (tertiary/aromatic N) is 1. The molecule has 0 radical (unpaired) electrons. The van der Waals surface area contributed by atoms with Gasteiger partial charge in [0.1, 0.15) is 10.7 Å². The summed E-state index contributed by atoms with van der Waals surface area (Å²) in [5, 5.41) is 2.54. The molecule has 0 aromatic heterocycles. The van der Waals surface area contributed by atoms with Gasteiger partial charge >= 0.3 is 0 Å². The number of halogens is 3. The maximum absolute atomic E-state index is 13.1. The molecule has 0 aliphatic carbocycles. The van der Waals surface area contributed by atoms with E-state index in [-0.39, 0.29) is 39.3 Å². The van der Waals surface area contributed by atoms with E-state index in [1.807, 2.05) is 0 Å². The Bertz CT molecular complexity index is 979. The average Bonchev–Trinajstić information content (AvgIpc) is 2.63. The molecule has 0 spiro atoms. The fourth-order valence-electron chi connectivity index (χ4n) is 2.58. The van der Waals surface area contributed by atoms with Gasteiger partial charge in [0.2, 0.25) is 10.0 Å². The van der Waals surface area contributed by atoms with Crippen LogP contribution in [0.2, 0.25) is 10.0 Å². The van der Waals surface area contributed by atoms with E-state index in [0.29, 0.717) is 13.2 Å². The molecule has 0 saturated carbocycles. The van der Waals surface area contributed by atoms with E-state index in [4.69, 9.17) is 27.9 Å². The van der Waals surface area contributed by atoms with Crippen molar-refractivity contribution in [3.8, 4) is 0 Å². The summed E-state index contributed by atoms with van der Waals surface area (Å²) in [6.07, 6.45) is 0. The molecule has 0 atom stereocenters. The van der Waals surface area contributed by atoms with Crippen molar-refractivity contribution < 1.29 is 22.3 Å². The van der Waals surface area contributed by atoms with Gasteiger partial charge in [-0.15, -0.1) is 0 Å². The average molecular weight is 433 g/mol. The van der Waals surface area contributed by atoms with Gasteiger partial charge in [0.25, 0.3) is 5.91 Å². The van der Waals surface area contributed by atoms with Crippen molar-refractivity contribution in [1.29, 1.82) is 0 Å². The van der Waals surface area contributed by atoms with E-state index in [9.17, 15) is 17.6 Å². The van der Waals surface area contributed by atoms with Crippen LogP contribution in [-0.4, -0.2) is 44.9 Å². The van der Waals surface area contributed by atoms with Crippen LogP contribution in [-0.2, 0) is 14.8 Å². The highest BCUT2D eigenvalue weighted by molar-refractivity contribution is 7.89. The first-order valence-corrected chi connectivity index (χ1v) is 10.1. The zero-order chi connectivity index (χ0) is 19.6. The Hall–Kier alpha value is -1.71. The Morgan fingerprint density at radius 3 is 2.44 bits per heavy atom. The number of morpholine rings is 1. The molecule has 0 bridgehead atoms. The molecule has 144 valence electrons. The van der Waals surface area contributed by atoms with Crippen LogP contribution >= 0.6 is 23.2 Å². The van der Waals surface area contributed by atoms with Crippen molar-refractivity contribution in [2.24, 2.45) is 0 Å². The molecule has 1 N–H and O–H groups in total. The third kappa shape index (κ3) is 4.41. The van der Waals surface area contributed by atoms with Crippen molar-refractivity contribution in [3.05, 3.63) is 57.8 Å². The lowest BCUT2D eigenvalue weighted by atomic mass is 10.2. The quantitative estimate of drug-likeness (QED) is 0.802. The summed E-state index contributed by atoms with van der Waals surface area (Å²) < 4.78 is 45.2. The predicted octanol–water partition coefficient (Wildman–Crippen LogP) is 3.41. The number of ether oxygens (including phenoxy) is 1. The molecule has 1 fully saturated rings. The van der Waals surface area contributed by atoms with Gasteiger partial charge < -0.3 is 10.1 Å². The number of nitrogens with one attached hydrogen (secondary N) is 1. The normalized spacial score (nSPS) is 15.5. The number of amides is 1. The Labute approximate surface area is 165 Å². The molecular weight excluding hydrogens is 418 g/mol. The smallest absolute Gasteiger partial charge is 0.257 e. The summed E-state index contributed by atoms with van der Waals surface area (Å²) >= 11 is 12.0. The van der Waals surface area contributed by atoms with Crippen LogP contribution in [0.25, 0.3) is 0 Å². The van der Waals surface area contributed by atoms with Crippen molar-refractivity contribution in [1.82, 2.24) is 4.31 Å². The maximum atomic E-state index is 13.1. The van der Waals surface area contributed by atoms with E-state index >= 15 is 0 Å². The lowest BCUT2D eigenvalue weighted by Gasteiger charge is -2.26. The SMILES string of the molecule is O=C(Nc1ccc(Cl)c(S(=O)(=O)N2CCOCC2)c1)c1ccc(F)cc1Cl. The molecule has 1 amide bonds. The fraction of sp³-hybridized carbons (Fsp3) is 0.235. The molecule has 1 saturated heterocycles. The summed E-state index contributed by atoms with van der Waals surface area (Å²) in [6.45, 7) is 1.05. The number of rotatable bonds is 4. The molecule has 1 aliphatic rings. The monoisotopic (exact) mass is 432 g/mol. The lowest BCUT2D eigenvalue weighted by molar-refractivity contribution is 0.0730. The van der Waals surface area contributed by atoms with Crippen LogP contribution in [0.5, 0.6) is 0 Å². The highest BCUT2D eigenvalue weighted by Crippen LogP contribution is 2.29. The number of hydrogen-bond donors (Lipinski definition) is 1. The van der Waals surface area contributed by atoms with E-state index in [1.165, 1.54) is 28.6 Å². The Balaban J connectivity index is 1.88. The number of carbonyl (C=O) groups excluding carboxylic acids is 1. The molecule has 2 aromatic carbocycles. The van der Waals surface area contributed by atoms with Gasteiger partial charge in [-0.3, -0.25) is 4.79 Å². The molecule has 0 unspecified atom stereocenters. The topological polar surface area (TPSA) is 75.7 Å². The minimum Gasteiger partial charge on any atom is -0.379 e. The van der Waals surface area contributed by atoms with Crippen LogP contribution in [0.3, 0.4) is 0 Å². The van der Waals surface area contributed by atoms with Gasteiger partial charge in [-0.25, -0.2) is 12.8 Å². The predicted molar refractivity (Wildman–Crippen MR) is 100 cm³/mol. The first-order valence-electron chi connectivity index (χ1n) is 7.93. The summed E-state index contributed by atoms with van der Waals surface area (Å²) in [5.41, 5.74) is 0.280. The number of benzene rings is 2. The minimum atomic E-state index is -3.83. The molecule has 3 rings (SSSR count). The van der Waals surface area contributed by atoms with E-state index in [1.54, 1.807) is 0 Å². The largest absolute Gasteiger partial charge is 0.379 e. The number of sulfonamides is 1. The molecule has 1 heterocycles. The first-order chi connectivity index (χ1) is 12.8. The number of carbonyl (C=O) groups is 1. The van der Waals surface area contributed by atoms with Gasteiger partial charge in [-0.05, 0) is 36.4 Å². The van der Waals surface area contributed by atoms with Gasteiger partial charge in [0, 0.05) is 18.8 Å². The summed E-state index contributed by atoms with van der Waals surface area (Å²) in [6, 6.07) is 7.51. The standard InChI is InChI=1S/C17H15Cl2FN2O4S/c18-14-4-2-12(21-17(23)13-3-1-11(20)9-15(13)19)10-16(14)27(24,25)22-5-7-26-8-6-22/h1-4,9-10H,5-8H2,(H,21,23). The van der Waals surface area contributed by atoms with Gasteiger partial charge in [0.05, 0.1) is 28.8 Å². The van der Waals surface area contributed by atoms with Crippen LogP contribution in [0.1, 0.15) is 10.4 Å². The van der Waals surface area contributed by atoms with Gasteiger partial charge in [-0.1, -0.05) is 23.2 Å². The van der Waals surface area contributed by atoms with Crippen molar-refractivity contribution in [3.63, 3.8) is 0 Å². The van der Waals surface area contributed by atoms with E-state index in [0.717, 1.165) is 12.1 Å². The molecule has 2 aromatic rings. The second-order valence-electron chi connectivity index (χ2n) is 5.74. The minimum absolute atomic E-state index is 0.0410. The number of hydrogen-bond acceptors (Lipinski definition) is 4. The van der Waals surface area contributed by atoms with E-state index in [2.05, 4.69) is 5.32 Å². The third-order valence-electron chi connectivity index (χ3n) is 3.95. The van der Waals surface area contributed by atoms with Gasteiger partial charge in [0.15, 0.2) is 0 Å². The van der Waals surface area contributed by atoms with Crippen LogP contribution in [0.4, 0.5) is 10.1 Å². The molecule has 1 aliphatic heterocycles. The van der Waals surface area contributed by atoms with Gasteiger partial charge in [-0.2, -0.15) is 4.31 Å². The van der Waals surface area contributed by atoms with Crippen LogP contribution < -0.4 is 5.32 Å². The third-order valence-corrected chi connectivity index (χ3v) is 6.65. The number of anilines is 1. The second-order valence-corrected chi connectivity index (χ2v) is 8.46. The fourth-order valence-corrected chi connectivity index (χ4v) is 4.74. The van der Waals surface area contributed by atoms with Crippen molar-refractivity contribution in [2.75, 3.05) is 31.6 Å². The maximum Gasteiger partial charge on any atom is 0.257 e. The Morgan fingerprint density at radius 2 is 1.78 bits per heavy atom. The molecule has 10 heteroatoms. The molecule has 6 nitrogen and oxygen atoms in total. The van der Waals surface area contributed by atoms with Crippen molar-refractivity contribution in [2.45, 2.75) is 4.90 Å². The van der Waals surface area contributed by atoms with Crippen LogP contribution in [0.15, 0.2) is 41.3 Å². The lowest BCUT2D eigenvalue weighted by Crippen LogP contribution is -2.40. The zero-order valence-electron chi connectivity index (χ0n) is 13.9. The Morgan fingerprint density at radius 1 is 1.07 bits per heavy atom.